The molecule has 0 rings (SSSR count). The smallest absolute Gasteiger partial charge is 0.417 e. The second-order valence-corrected chi connectivity index (χ2v) is 36.5. The molecule has 0 amide bonds. The third-order valence-electron chi connectivity index (χ3n) is 4.47. The molecule has 4 nitrogen and oxygen atoms in total. The minimum Gasteiger partial charge on any atom is -0.417 e. The summed E-state index contributed by atoms with van der Waals surface area (Å²) in [7, 11) is -10.3. The minimum absolute atomic E-state index is 0.119. The number of hydrogen-bond acceptors (Lipinski definition) is 4. The predicted molar refractivity (Wildman–Crippen MR) is 145 cm³/mol. The SMILES string of the molecule is CC[SiH2][C@@](C)(CC)O[Si](C)(C)CC[Si](O[Si](C)(C)C)(O[Si](C)(C)C)O[Si](C)(C)C. The maximum absolute atomic E-state index is 6.89. The summed E-state index contributed by atoms with van der Waals surface area (Å²) in [5.41, 5.74) is 0. The molecule has 0 spiro atoms. The summed E-state index contributed by atoms with van der Waals surface area (Å²) in [5, 5.41) is 0.119. The second kappa shape index (κ2) is 10.8. The van der Waals surface area contributed by atoms with Gasteiger partial charge in [0.05, 0.1) is 9.52 Å². The van der Waals surface area contributed by atoms with Gasteiger partial charge < -0.3 is 16.8 Å². The fourth-order valence-corrected chi connectivity index (χ4v) is 25.9. The summed E-state index contributed by atoms with van der Waals surface area (Å²) in [4.78, 5) is 0. The van der Waals surface area contributed by atoms with E-state index in [0.29, 0.717) is 0 Å². The molecule has 0 heterocycles. The Morgan fingerprint density at radius 1 is 0.655 bits per heavy atom. The van der Waals surface area contributed by atoms with Gasteiger partial charge in [0.2, 0.25) is 0 Å². The molecule has 0 aliphatic rings. The van der Waals surface area contributed by atoms with Crippen molar-refractivity contribution >= 4 is 51.6 Å². The highest BCUT2D eigenvalue weighted by Crippen LogP contribution is 2.34. The molecular formula is C19H52O4Si6. The highest BCUT2D eigenvalue weighted by Gasteiger charge is 2.51. The molecule has 0 aromatic carbocycles. The molecule has 0 aromatic rings. The molecule has 0 bridgehead atoms. The topological polar surface area (TPSA) is 36.9 Å². The fourth-order valence-electron chi connectivity index (χ4n) is 3.62. The van der Waals surface area contributed by atoms with E-state index < -0.39 is 42.1 Å². The Kier molecular flexibility index (Phi) is 11.3. The fraction of sp³-hybridized carbons (Fsp3) is 1.00. The lowest BCUT2D eigenvalue weighted by Crippen LogP contribution is -2.61. The Morgan fingerprint density at radius 2 is 1.03 bits per heavy atom. The van der Waals surface area contributed by atoms with Crippen LogP contribution < -0.4 is 0 Å². The van der Waals surface area contributed by atoms with Gasteiger partial charge in [0.25, 0.3) is 0 Å². The van der Waals surface area contributed by atoms with E-state index in [-0.39, 0.29) is 14.7 Å². The van der Waals surface area contributed by atoms with Crippen LogP contribution in [-0.2, 0) is 16.8 Å². The van der Waals surface area contributed by atoms with Crippen molar-refractivity contribution in [2.24, 2.45) is 0 Å². The average Bonchev–Trinajstić information content (AvgIpc) is 2.39. The Morgan fingerprint density at radius 3 is 1.31 bits per heavy atom. The van der Waals surface area contributed by atoms with Gasteiger partial charge in [0, 0.05) is 11.3 Å². The van der Waals surface area contributed by atoms with Crippen molar-refractivity contribution in [3.8, 4) is 0 Å². The van der Waals surface area contributed by atoms with Crippen molar-refractivity contribution < 1.29 is 16.8 Å². The zero-order valence-corrected chi connectivity index (χ0v) is 28.6. The summed E-state index contributed by atoms with van der Waals surface area (Å²) < 4.78 is 27.5. The van der Waals surface area contributed by atoms with Crippen LogP contribution in [-0.4, -0.2) is 56.8 Å². The summed E-state index contributed by atoms with van der Waals surface area (Å²) in [6.45, 7) is 32.0. The average molecular weight is 513 g/mol. The lowest BCUT2D eigenvalue weighted by Gasteiger charge is -2.44. The number of hydrogen-bond donors (Lipinski definition) is 0. The maximum Gasteiger partial charge on any atom is 0.469 e. The molecule has 0 saturated carbocycles. The van der Waals surface area contributed by atoms with Gasteiger partial charge in [-0.25, -0.2) is 0 Å². The molecule has 0 saturated heterocycles. The Labute approximate surface area is 190 Å². The van der Waals surface area contributed by atoms with Gasteiger partial charge in [-0.15, -0.1) is 0 Å². The Balaban J connectivity index is 5.77. The monoisotopic (exact) mass is 512 g/mol. The molecule has 0 radical (unpaired) electrons. The first-order chi connectivity index (χ1) is 12.7. The Bertz CT molecular complexity index is 456. The van der Waals surface area contributed by atoms with Crippen LogP contribution in [0.25, 0.3) is 0 Å². The van der Waals surface area contributed by atoms with Gasteiger partial charge in [-0.1, -0.05) is 19.9 Å². The van der Waals surface area contributed by atoms with Crippen LogP contribution in [0.1, 0.15) is 27.2 Å². The lowest BCUT2D eigenvalue weighted by atomic mass is 10.3. The molecule has 176 valence electrons. The van der Waals surface area contributed by atoms with E-state index in [9.17, 15) is 0 Å². The van der Waals surface area contributed by atoms with Crippen molar-refractivity contribution in [1.29, 1.82) is 0 Å². The third kappa shape index (κ3) is 14.0. The molecule has 29 heavy (non-hydrogen) atoms. The molecule has 0 aromatic heterocycles. The highest BCUT2D eigenvalue weighted by atomic mass is 28.5. The first-order valence-electron chi connectivity index (χ1n) is 11.5. The minimum atomic E-state index is -2.76. The van der Waals surface area contributed by atoms with E-state index in [4.69, 9.17) is 16.8 Å². The third-order valence-corrected chi connectivity index (χ3v) is 21.9. The zero-order valence-electron chi connectivity index (χ0n) is 22.2. The first kappa shape index (κ1) is 30.1. The van der Waals surface area contributed by atoms with Gasteiger partial charge in [0.15, 0.2) is 33.3 Å². The summed E-state index contributed by atoms with van der Waals surface area (Å²) in [5.74, 6) is 0. The maximum atomic E-state index is 6.89. The summed E-state index contributed by atoms with van der Waals surface area (Å²) in [6.07, 6.45) is 1.12. The van der Waals surface area contributed by atoms with Gasteiger partial charge in [0.1, 0.15) is 0 Å². The quantitative estimate of drug-likeness (QED) is 0.251. The molecule has 10 heteroatoms. The van der Waals surface area contributed by atoms with Crippen LogP contribution in [0.3, 0.4) is 0 Å². The predicted octanol–water partition coefficient (Wildman–Crippen LogP) is 6.43. The molecule has 0 unspecified atom stereocenters. The van der Waals surface area contributed by atoms with Crippen LogP contribution in [0.5, 0.6) is 0 Å². The van der Waals surface area contributed by atoms with Crippen LogP contribution in [0.2, 0.25) is 90.1 Å². The normalized spacial score (nSPS) is 17.2. The zero-order chi connectivity index (χ0) is 23.4. The van der Waals surface area contributed by atoms with E-state index in [1.165, 1.54) is 6.04 Å². The van der Waals surface area contributed by atoms with Crippen molar-refractivity contribution in [3.05, 3.63) is 0 Å². The van der Waals surface area contributed by atoms with Gasteiger partial charge in [-0.05, 0) is 91.4 Å². The van der Waals surface area contributed by atoms with Gasteiger partial charge in [-0.3, -0.25) is 0 Å². The van der Waals surface area contributed by atoms with E-state index in [1.807, 2.05) is 0 Å². The molecule has 0 fully saturated rings. The largest absolute Gasteiger partial charge is 0.469 e. The molecule has 1 atom stereocenters. The van der Waals surface area contributed by atoms with Crippen molar-refractivity contribution in [2.75, 3.05) is 0 Å². The standard InChI is InChI=1S/C19H52O4Si6/c1-15-19(3,24-16-2)20-28(13,14)17-18-29(21-25(4,5)6,22-26(7,8)9)23-27(10,11)12/h15-18,24H2,1-14H3/t19-/m0/s1. The van der Waals surface area contributed by atoms with E-state index in [1.54, 1.807) is 0 Å². The molecule has 0 aliphatic carbocycles. The molecule has 0 N–H and O–H groups in total. The van der Waals surface area contributed by atoms with E-state index >= 15 is 0 Å². The second-order valence-electron chi connectivity index (χ2n) is 12.2. The molecule has 0 aliphatic heterocycles. The molecular weight excluding hydrogens is 461 g/mol. The van der Waals surface area contributed by atoms with Crippen molar-refractivity contribution in [1.82, 2.24) is 0 Å². The van der Waals surface area contributed by atoms with Crippen LogP contribution in [0.15, 0.2) is 0 Å². The van der Waals surface area contributed by atoms with Crippen LogP contribution in [0, 0.1) is 0 Å². The summed E-state index contributed by atoms with van der Waals surface area (Å²) in [6, 6.07) is 3.24. The van der Waals surface area contributed by atoms with Crippen LogP contribution in [0.4, 0.5) is 0 Å². The van der Waals surface area contributed by atoms with Crippen molar-refractivity contribution in [3.63, 3.8) is 0 Å². The highest BCUT2D eigenvalue weighted by molar-refractivity contribution is 6.90. The van der Waals surface area contributed by atoms with Crippen molar-refractivity contribution in [2.45, 2.75) is 123 Å². The van der Waals surface area contributed by atoms with E-state index in [2.05, 4.69) is 92.8 Å². The number of rotatable bonds is 14. The Hall–Kier alpha value is 1.14. The van der Waals surface area contributed by atoms with Crippen LogP contribution >= 0.6 is 0 Å². The lowest BCUT2D eigenvalue weighted by molar-refractivity contribution is 0.156. The first-order valence-corrected chi connectivity index (χ1v) is 28.4. The van der Waals surface area contributed by atoms with Gasteiger partial charge >= 0.3 is 8.80 Å². The van der Waals surface area contributed by atoms with Gasteiger partial charge in [-0.2, -0.15) is 0 Å². The van der Waals surface area contributed by atoms with E-state index in [0.717, 1.165) is 18.5 Å². The summed E-state index contributed by atoms with van der Waals surface area (Å²) >= 11 is 0.